The van der Waals surface area contributed by atoms with Gasteiger partial charge in [-0.15, -0.1) is 0 Å². The van der Waals surface area contributed by atoms with Gasteiger partial charge in [-0.3, -0.25) is 4.79 Å². The van der Waals surface area contributed by atoms with Crippen molar-refractivity contribution in [3.63, 3.8) is 0 Å². The monoisotopic (exact) mass is 303 g/mol. The van der Waals surface area contributed by atoms with Gasteiger partial charge in [0.05, 0.1) is 0 Å². The standard InChI is InChI=1S/C15H14BrNO/c1-2-11-6-3-4-9-14(11)17-15(18)12-7-5-8-13(16)10-12/h3-10H,2H2,1H3,(H,17,18). The van der Waals surface area contributed by atoms with Crippen LogP contribution in [0.2, 0.25) is 0 Å². The molecule has 0 aliphatic rings. The predicted octanol–water partition coefficient (Wildman–Crippen LogP) is 4.26. The fourth-order valence-electron chi connectivity index (χ4n) is 1.77. The van der Waals surface area contributed by atoms with Crippen molar-refractivity contribution in [3.05, 3.63) is 64.1 Å². The smallest absolute Gasteiger partial charge is 0.255 e. The summed E-state index contributed by atoms with van der Waals surface area (Å²) in [5.41, 5.74) is 2.67. The topological polar surface area (TPSA) is 29.1 Å². The Hall–Kier alpha value is -1.61. The summed E-state index contributed by atoms with van der Waals surface area (Å²) in [6.07, 6.45) is 0.898. The van der Waals surface area contributed by atoms with E-state index in [9.17, 15) is 4.79 Å². The largest absolute Gasteiger partial charge is 0.322 e. The van der Waals surface area contributed by atoms with E-state index in [2.05, 4.69) is 28.2 Å². The average molecular weight is 304 g/mol. The van der Waals surface area contributed by atoms with Gasteiger partial charge in [-0.2, -0.15) is 0 Å². The molecule has 2 rings (SSSR count). The Balaban J connectivity index is 2.21. The van der Waals surface area contributed by atoms with E-state index >= 15 is 0 Å². The van der Waals surface area contributed by atoms with Crippen molar-refractivity contribution in [3.8, 4) is 0 Å². The lowest BCUT2D eigenvalue weighted by molar-refractivity contribution is 0.102. The second kappa shape index (κ2) is 5.83. The quantitative estimate of drug-likeness (QED) is 0.901. The molecule has 0 unspecified atom stereocenters. The molecule has 0 radical (unpaired) electrons. The summed E-state index contributed by atoms with van der Waals surface area (Å²) in [5.74, 6) is -0.0859. The van der Waals surface area contributed by atoms with Crippen molar-refractivity contribution in [2.24, 2.45) is 0 Å². The molecule has 0 saturated heterocycles. The van der Waals surface area contributed by atoms with E-state index in [1.54, 1.807) is 6.07 Å². The first-order chi connectivity index (χ1) is 8.70. The van der Waals surface area contributed by atoms with Gasteiger partial charge in [0.1, 0.15) is 0 Å². The minimum atomic E-state index is -0.0859. The van der Waals surface area contributed by atoms with Crippen LogP contribution in [0.25, 0.3) is 0 Å². The third-order valence-corrected chi connectivity index (χ3v) is 3.23. The first-order valence-electron chi connectivity index (χ1n) is 5.85. The molecular weight excluding hydrogens is 290 g/mol. The molecule has 2 nitrogen and oxygen atoms in total. The van der Waals surface area contributed by atoms with Crippen LogP contribution in [0.5, 0.6) is 0 Å². The van der Waals surface area contributed by atoms with Gasteiger partial charge in [0.2, 0.25) is 0 Å². The number of rotatable bonds is 3. The highest BCUT2D eigenvalue weighted by Crippen LogP contribution is 2.18. The number of benzene rings is 2. The molecule has 0 atom stereocenters. The molecule has 3 heteroatoms. The highest BCUT2D eigenvalue weighted by atomic mass is 79.9. The molecule has 2 aromatic carbocycles. The van der Waals surface area contributed by atoms with Crippen LogP contribution >= 0.6 is 15.9 Å². The van der Waals surface area contributed by atoms with Crippen molar-refractivity contribution in [2.45, 2.75) is 13.3 Å². The van der Waals surface area contributed by atoms with E-state index in [0.717, 1.165) is 22.1 Å². The predicted molar refractivity (Wildman–Crippen MR) is 77.9 cm³/mol. The molecule has 0 spiro atoms. The van der Waals surface area contributed by atoms with Crippen LogP contribution in [0.3, 0.4) is 0 Å². The maximum Gasteiger partial charge on any atom is 0.255 e. The summed E-state index contributed by atoms with van der Waals surface area (Å²) >= 11 is 3.36. The summed E-state index contributed by atoms with van der Waals surface area (Å²) in [5, 5.41) is 2.95. The molecule has 0 aromatic heterocycles. The second-order valence-corrected chi connectivity index (χ2v) is 4.89. The highest BCUT2D eigenvalue weighted by Gasteiger charge is 2.08. The zero-order chi connectivity index (χ0) is 13.0. The molecule has 1 amide bonds. The van der Waals surface area contributed by atoms with Gasteiger partial charge in [-0.05, 0) is 36.2 Å². The van der Waals surface area contributed by atoms with Gasteiger partial charge in [-0.1, -0.05) is 47.1 Å². The number of anilines is 1. The lowest BCUT2D eigenvalue weighted by Gasteiger charge is -2.09. The van der Waals surface area contributed by atoms with Crippen LogP contribution < -0.4 is 5.32 Å². The summed E-state index contributed by atoms with van der Waals surface area (Å²) in [6.45, 7) is 2.07. The van der Waals surface area contributed by atoms with Gasteiger partial charge in [0.15, 0.2) is 0 Å². The Kier molecular flexibility index (Phi) is 4.15. The van der Waals surface area contributed by atoms with E-state index in [4.69, 9.17) is 0 Å². The van der Waals surface area contributed by atoms with Gasteiger partial charge < -0.3 is 5.32 Å². The van der Waals surface area contributed by atoms with E-state index in [1.807, 2.05) is 42.5 Å². The molecule has 18 heavy (non-hydrogen) atoms. The zero-order valence-corrected chi connectivity index (χ0v) is 11.7. The van der Waals surface area contributed by atoms with Crippen LogP contribution in [0, 0.1) is 0 Å². The number of nitrogens with one attached hydrogen (secondary N) is 1. The molecule has 0 bridgehead atoms. The molecule has 0 saturated carbocycles. The first kappa shape index (κ1) is 12.8. The fraction of sp³-hybridized carbons (Fsp3) is 0.133. The van der Waals surface area contributed by atoms with Crippen molar-refractivity contribution in [1.29, 1.82) is 0 Å². The molecular formula is C15H14BrNO. The fourth-order valence-corrected chi connectivity index (χ4v) is 2.17. The number of halogens is 1. The van der Waals surface area contributed by atoms with Crippen LogP contribution in [0.1, 0.15) is 22.8 Å². The number of carbonyl (C=O) groups excluding carboxylic acids is 1. The lowest BCUT2D eigenvalue weighted by Crippen LogP contribution is -2.13. The third kappa shape index (κ3) is 2.99. The van der Waals surface area contributed by atoms with Crippen LogP contribution in [0.15, 0.2) is 53.0 Å². The van der Waals surface area contributed by atoms with Gasteiger partial charge >= 0.3 is 0 Å². The number of aryl methyl sites for hydroxylation is 1. The average Bonchev–Trinajstić information content (AvgIpc) is 2.39. The highest BCUT2D eigenvalue weighted by molar-refractivity contribution is 9.10. The summed E-state index contributed by atoms with van der Waals surface area (Å²) in [4.78, 5) is 12.1. The van der Waals surface area contributed by atoms with Gasteiger partial charge in [-0.25, -0.2) is 0 Å². The molecule has 0 aliphatic carbocycles. The normalized spacial score (nSPS) is 10.1. The van der Waals surface area contributed by atoms with E-state index in [0.29, 0.717) is 5.56 Å². The Morgan fingerprint density at radius 3 is 2.67 bits per heavy atom. The number of amides is 1. The first-order valence-corrected chi connectivity index (χ1v) is 6.65. The van der Waals surface area contributed by atoms with Crippen LogP contribution in [-0.2, 0) is 6.42 Å². The second-order valence-electron chi connectivity index (χ2n) is 3.98. The third-order valence-electron chi connectivity index (χ3n) is 2.73. The van der Waals surface area contributed by atoms with Gasteiger partial charge in [0, 0.05) is 15.7 Å². The van der Waals surface area contributed by atoms with Crippen molar-refractivity contribution in [1.82, 2.24) is 0 Å². The molecule has 92 valence electrons. The SMILES string of the molecule is CCc1ccccc1NC(=O)c1cccc(Br)c1. The Morgan fingerprint density at radius 2 is 1.94 bits per heavy atom. The summed E-state index contributed by atoms with van der Waals surface area (Å²) < 4.78 is 0.902. The number of hydrogen-bond acceptors (Lipinski definition) is 1. The minimum absolute atomic E-state index is 0.0859. The van der Waals surface area contributed by atoms with Crippen molar-refractivity contribution < 1.29 is 4.79 Å². The number of para-hydroxylation sites is 1. The molecule has 0 aliphatic heterocycles. The van der Waals surface area contributed by atoms with Crippen molar-refractivity contribution >= 4 is 27.5 Å². The Morgan fingerprint density at radius 1 is 1.17 bits per heavy atom. The Labute approximate surface area is 115 Å². The van der Waals surface area contributed by atoms with E-state index < -0.39 is 0 Å². The summed E-state index contributed by atoms with van der Waals surface area (Å²) in [6, 6.07) is 15.2. The lowest BCUT2D eigenvalue weighted by atomic mass is 10.1. The number of hydrogen-bond donors (Lipinski definition) is 1. The molecule has 0 fully saturated rings. The molecule has 2 aromatic rings. The molecule has 1 N–H and O–H groups in total. The maximum atomic E-state index is 12.1. The van der Waals surface area contributed by atoms with Gasteiger partial charge in [0.25, 0.3) is 5.91 Å². The summed E-state index contributed by atoms with van der Waals surface area (Å²) in [7, 11) is 0. The molecule has 0 heterocycles. The zero-order valence-electron chi connectivity index (χ0n) is 10.1. The Bertz CT molecular complexity index is 566. The number of carbonyl (C=O) groups is 1. The van der Waals surface area contributed by atoms with E-state index in [1.165, 1.54) is 0 Å². The van der Waals surface area contributed by atoms with Crippen LogP contribution in [0.4, 0.5) is 5.69 Å². The van der Waals surface area contributed by atoms with E-state index in [-0.39, 0.29) is 5.91 Å². The van der Waals surface area contributed by atoms with Crippen LogP contribution in [-0.4, -0.2) is 5.91 Å². The van der Waals surface area contributed by atoms with Crippen molar-refractivity contribution in [2.75, 3.05) is 5.32 Å². The minimum Gasteiger partial charge on any atom is -0.322 e. The maximum absolute atomic E-state index is 12.1.